The lowest BCUT2D eigenvalue weighted by molar-refractivity contribution is 0.0751. The summed E-state index contributed by atoms with van der Waals surface area (Å²) in [4.78, 5) is 28.2. The molecule has 1 aromatic carbocycles. The summed E-state index contributed by atoms with van der Waals surface area (Å²) >= 11 is 0. The largest absolute Gasteiger partial charge is 0.474 e. The standard InChI is InChI=1S/C28H28FN7O2/c1-3-23(30)18-11-24(17-5-7-19(29)8-6-17)33-25(12-18)38-26-21-13-35(14-22(21)26)27(37)20-15-36(34-16(20)2)28-31-9-4-10-32-28/h4-12,15,21-23,26H,3,13-14,30H2,1-2H3/t21-,22+,23?,26?. The Hall–Kier alpha value is -4.18. The molecule has 2 unspecified atom stereocenters. The van der Waals surface area contributed by atoms with E-state index in [4.69, 9.17) is 15.5 Å². The third-order valence-electron chi connectivity index (χ3n) is 7.38. The van der Waals surface area contributed by atoms with E-state index in [9.17, 15) is 9.18 Å². The van der Waals surface area contributed by atoms with Gasteiger partial charge in [0.05, 0.1) is 17.0 Å². The number of fused-ring (bicyclic) bond motifs is 1. The summed E-state index contributed by atoms with van der Waals surface area (Å²) in [5.74, 6) is 1.06. The highest BCUT2D eigenvalue weighted by Gasteiger charge is 2.59. The second-order valence-corrected chi connectivity index (χ2v) is 9.89. The van der Waals surface area contributed by atoms with Gasteiger partial charge in [-0.1, -0.05) is 6.92 Å². The number of amides is 1. The van der Waals surface area contributed by atoms with Gasteiger partial charge in [-0.15, -0.1) is 0 Å². The zero-order valence-electron chi connectivity index (χ0n) is 21.2. The Bertz CT molecular complexity index is 1460. The van der Waals surface area contributed by atoms with Crippen molar-refractivity contribution in [3.05, 3.63) is 83.7 Å². The highest BCUT2D eigenvalue weighted by Crippen LogP contribution is 2.48. The SMILES string of the molecule is CCC(N)c1cc(OC2[C@H]3CN(C(=O)c4cn(-c5ncccn5)nc4C)C[C@@H]23)nc(-c2ccc(F)cc2)c1. The van der Waals surface area contributed by atoms with Crippen molar-refractivity contribution >= 4 is 5.91 Å². The molecule has 1 saturated heterocycles. The molecule has 38 heavy (non-hydrogen) atoms. The first-order valence-corrected chi connectivity index (χ1v) is 12.7. The van der Waals surface area contributed by atoms with Crippen molar-refractivity contribution in [2.75, 3.05) is 13.1 Å². The molecule has 1 aliphatic heterocycles. The molecule has 1 saturated carbocycles. The third kappa shape index (κ3) is 4.51. The average molecular weight is 514 g/mol. The summed E-state index contributed by atoms with van der Waals surface area (Å²) in [6.07, 6.45) is 5.72. The summed E-state index contributed by atoms with van der Waals surface area (Å²) in [5.41, 5.74) is 9.93. The highest BCUT2D eigenvalue weighted by atomic mass is 19.1. The van der Waals surface area contributed by atoms with Crippen LogP contribution in [-0.4, -0.2) is 54.7 Å². The monoisotopic (exact) mass is 513 g/mol. The van der Waals surface area contributed by atoms with E-state index in [0.717, 1.165) is 17.5 Å². The minimum absolute atomic E-state index is 0.0118. The molecule has 1 aliphatic carbocycles. The summed E-state index contributed by atoms with van der Waals surface area (Å²) in [6.45, 7) is 5.06. The molecule has 2 N–H and O–H groups in total. The van der Waals surface area contributed by atoms with E-state index in [2.05, 4.69) is 15.1 Å². The lowest BCUT2D eigenvalue weighted by atomic mass is 10.0. The lowest BCUT2D eigenvalue weighted by Gasteiger charge is -2.20. The van der Waals surface area contributed by atoms with Gasteiger partial charge in [0.2, 0.25) is 11.8 Å². The number of hydrogen-bond donors (Lipinski definition) is 1. The van der Waals surface area contributed by atoms with Gasteiger partial charge < -0.3 is 15.4 Å². The number of hydrogen-bond acceptors (Lipinski definition) is 7. The molecule has 0 bridgehead atoms. The number of nitrogens with zero attached hydrogens (tertiary/aromatic N) is 6. The Labute approximate surface area is 219 Å². The maximum absolute atomic E-state index is 13.5. The number of piperidine rings is 1. The molecule has 9 nitrogen and oxygen atoms in total. The molecule has 4 atom stereocenters. The summed E-state index contributed by atoms with van der Waals surface area (Å²) in [6, 6.07) is 11.6. The van der Waals surface area contributed by atoms with E-state index in [1.807, 2.05) is 30.9 Å². The maximum atomic E-state index is 13.5. The van der Waals surface area contributed by atoms with Crippen LogP contribution >= 0.6 is 0 Å². The van der Waals surface area contributed by atoms with Crippen molar-refractivity contribution in [1.29, 1.82) is 0 Å². The minimum atomic E-state index is -0.299. The number of ether oxygens (including phenoxy) is 1. The normalized spacial score (nSPS) is 20.7. The smallest absolute Gasteiger partial charge is 0.257 e. The van der Waals surface area contributed by atoms with Crippen molar-refractivity contribution in [1.82, 2.24) is 29.6 Å². The zero-order chi connectivity index (χ0) is 26.4. The molecular weight excluding hydrogens is 485 g/mol. The fraction of sp³-hybridized carbons (Fsp3) is 0.321. The van der Waals surface area contributed by atoms with Crippen molar-refractivity contribution in [2.24, 2.45) is 17.6 Å². The first kappa shape index (κ1) is 24.2. The van der Waals surface area contributed by atoms with Crippen LogP contribution in [0.3, 0.4) is 0 Å². The van der Waals surface area contributed by atoms with Crippen LogP contribution in [0.5, 0.6) is 5.88 Å². The quantitative estimate of drug-likeness (QED) is 0.401. The molecule has 4 heterocycles. The van der Waals surface area contributed by atoms with Crippen LogP contribution in [-0.2, 0) is 0 Å². The Kier molecular flexibility index (Phi) is 6.11. The van der Waals surface area contributed by atoms with Gasteiger partial charge in [0.15, 0.2) is 0 Å². The number of benzene rings is 1. The Morgan fingerprint density at radius 1 is 1.16 bits per heavy atom. The molecule has 2 fully saturated rings. The number of nitrogens with two attached hydrogens (primary N) is 1. The zero-order valence-corrected chi connectivity index (χ0v) is 21.2. The summed E-state index contributed by atoms with van der Waals surface area (Å²) < 4.78 is 21.3. The van der Waals surface area contributed by atoms with E-state index in [1.165, 1.54) is 16.8 Å². The third-order valence-corrected chi connectivity index (χ3v) is 7.38. The second kappa shape index (κ2) is 9.60. The van der Waals surface area contributed by atoms with E-state index in [1.54, 1.807) is 36.8 Å². The van der Waals surface area contributed by atoms with Gasteiger partial charge in [-0.2, -0.15) is 5.10 Å². The molecule has 6 rings (SSSR count). The van der Waals surface area contributed by atoms with E-state index < -0.39 is 0 Å². The number of rotatable bonds is 7. The number of aromatic nitrogens is 5. The number of carbonyl (C=O) groups is 1. The van der Waals surface area contributed by atoms with Crippen LogP contribution < -0.4 is 10.5 Å². The van der Waals surface area contributed by atoms with Crippen LogP contribution in [0.15, 0.2) is 61.1 Å². The fourth-order valence-electron chi connectivity index (χ4n) is 5.11. The first-order valence-electron chi connectivity index (χ1n) is 12.7. The minimum Gasteiger partial charge on any atom is -0.474 e. The Morgan fingerprint density at radius 2 is 1.87 bits per heavy atom. The van der Waals surface area contributed by atoms with Gasteiger partial charge in [-0.05, 0) is 55.3 Å². The van der Waals surface area contributed by atoms with Gasteiger partial charge in [-0.25, -0.2) is 24.0 Å². The predicted molar refractivity (Wildman–Crippen MR) is 138 cm³/mol. The van der Waals surface area contributed by atoms with Crippen LogP contribution in [0.25, 0.3) is 17.2 Å². The van der Waals surface area contributed by atoms with Gasteiger partial charge in [0.25, 0.3) is 5.91 Å². The van der Waals surface area contributed by atoms with Crippen molar-refractivity contribution in [3.8, 4) is 23.1 Å². The van der Waals surface area contributed by atoms with Crippen molar-refractivity contribution in [3.63, 3.8) is 0 Å². The number of aryl methyl sites for hydroxylation is 1. The number of halogens is 1. The molecule has 2 aliphatic rings. The molecule has 0 spiro atoms. The van der Waals surface area contributed by atoms with E-state index >= 15 is 0 Å². The maximum Gasteiger partial charge on any atom is 0.257 e. The Morgan fingerprint density at radius 3 is 2.55 bits per heavy atom. The first-order chi connectivity index (χ1) is 18.4. The second-order valence-electron chi connectivity index (χ2n) is 9.89. The fourth-order valence-corrected chi connectivity index (χ4v) is 5.11. The predicted octanol–water partition coefficient (Wildman–Crippen LogP) is 3.73. The van der Waals surface area contributed by atoms with Gasteiger partial charge in [-0.3, -0.25) is 4.79 Å². The molecule has 0 radical (unpaired) electrons. The summed E-state index contributed by atoms with van der Waals surface area (Å²) in [5, 5.41) is 4.42. The van der Waals surface area contributed by atoms with Gasteiger partial charge in [0, 0.05) is 61.2 Å². The topological polar surface area (TPSA) is 112 Å². The number of pyridine rings is 1. The van der Waals surface area contributed by atoms with Crippen LogP contribution in [0.2, 0.25) is 0 Å². The Balaban J connectivity index is 1.15. The molecular formula is C28H28FN7O2. The van der Waals surface area contributed by atoms with Gasteiger partial charge in [0.1, 0.15) is 11.9 Å². The van der Waals surface area contributed by atoms with E-state index in [-0.39, 0.29) is 35.7 Å². The van der Waals surface area contributed by atoms with Crippen molar-refractivity contribution in [2.45, 2.75) is 32.4 Å². The molecule has 194 valence electrons. The molecule has 10 heteroatoms. The lowest BCUT2D eigenvalue weighted by Crippen LogP contribution is -2.33. The van der Waals surface area contributed by atoms with Gasteiger partial charge >= 0.3 is 0 Å². The van der Waals surface area contributed by atoms with Crippen LogP contribution in [0, 0.1) is 24.6 Å². The molecule has 1 amide bonds. The van der Waals surface area contributed by atoms with Crippen LogP contribution in [0.4, 0.5) is 4.39 Å². The average Bonchev–Trinajstić information content (AvgIpc) is 3.25. The molecule has 3 aromatic heterocycles. The highest BCUT2D eigenvalue weighted by molar-refractivity contribution is 5.95. The summed E-state index contributed by atoms with van der Waals surface area (Å²) in [7, 11) is 0. The molecule has 4 aromatic rings. The van der Waals surface area contributed by atoms with Crippen molar-refractivity contribution < 1.29 is 13.9 Å². The number of carbonyl (C=O) groups excluding carboxylic acids is 1. The number of likely N-dealkylation sites (tertiary alicyclic amines) is 1. The van der Waals surface area contributed by atoms with Crippen LogP contribution in [0.1, 0.15) is 41.0 Å². The van der Waals surface area contributed by atoms with E-state index in [0.29, 0.717) is 41.9 Å².